The van der Waals surface area contributed by atoms with Crippen LogP contribution in [0.1, 0.15) is 32.6 Å². The van der Waals surface area contributed by atoms with Gasteiger partial charge in [0.25, 0.3) is 0 Å². The van der Waals surface area contributed by atoms with Gasteiger partial charge >= 0.3 is 6.09 Å². The van der Waals surface area contributed by atoms with Gasteiger partial charge in [-0.25, -0.2) is 4.79 Å². The van der Waals surface area contributed by atoms with Crippen molar-refractivity contribution in [1.82, 2.24) is 5.32 Å². The van der Waals surface area contributed by atoms with Crippen molar-refractivity contribution in [3.05, 3.63) is 0 Å². The zero-order chi connectivity index (χ0) is 9.68. The second-order valence-electron chi connectivity index (χ2n) is 3.38. The number of nitrogens with one attached hydrogen (secondary N) is 1. The average molecular weight is 187 g/mol. The van der Waals surface area contributed by atoms with Crippen LogP contribution in [0.3, 0.4) is 0 Å². The molecule has 1 aliphatic rings. The van der Waals surface area contributed by atoms with Crippen LogP contribution >= 0.6 is 0 Å². The third kappa shape index (κ3) is 3.63. The number of hydrogen-bond acceptors (Lipinski definition) is 3. The van der Waals surface area contributed by atoms with E-state index in [0.717, 1.165) is 19.3 Å². The molecular formula is C9H17NO3. The van der Waals surface area contributed by atoms with E-state index in [9.17, 15) is 9.90 Å². The summed E-state index contributed by atoms with van der Waals surface area (Å²) < 4.78 is 4.75. The minimum Gasteiger partial charge on any atom is -0.450 e. The zero-order valence-electron chi connectivity index (χ0n) is 7.95. The van der Waals surface area contributed by atoms with Crippen LogP contribution in [-0.4, -0.2) is 30.0 Å². The first kappa shape index (κ1) is 10.3. The van der Waals surface area contributed by atoms with Gasteiger partial charge in [0.15, 0.2) is 0 Å². The molecule has 0 aliphatic heterocycles. The van der Waals surface area contributed by atoms with Gasteiger partial charge in [-0.05, 0) is 32.6 Å². The van der Waals surface area contributed by atoms with E-state index < -0.39 is 0 Å². The number of alkyl carbamates (subject to hydrolysis) is 1. The minimum atomic E-state index is -0.374. The van der Waals surface area contributed by atoms with Gasteiger partial charge in [-0.3, -0.25) is 0 Å². The molecule has 4 nitrogen and oxygen atoms in total. The highest BCUT2D eigenvalue weighted by Crippen LogP contribution is 2.18. The van der Waals surface area contributed by atoms with Crippen LogP contribution in [0.5, 0.6) is 0 Å². The van der Waals surface area contributed by atoms with Gasteiger partial charge in [-0.15, -0.1) is 0 Å². The molecule has 13 heavy (non-hydrogen) atoms. The molecule has 76 valence electrons. The van der Waals surface area contributed by atoms with E-state index in [1.54, 1.807) is 6.92 Å². The van der Waals surface area contributed by atoms with E-state index in [1.807, 2.05) is 0 Å². The van der Waals surface area contributed by atoms with E-state index in [4.69, 9.17) is 4.74 Å². The third-order valence-electron chi connectivity index (χ3n) is 2.24. The number of aliphatic hydroxyl groups is 1. The molecule has 1 saturated carbocycles. The van der Waals surface area contributed by atoms with Gasteiger partial charge in [0.05, 0.1) is 12.7 Å². The quantitative estimate of drug-likeness (QED) is 0.679. The van der Waals surface area contributed by atoms with Crippen LogP contribution in [0.4, 0.5) is 4.79 Å². The molecular weight excluding hydrogens is 170 g/mol. The van der Waals surface area contributed by atoms with E-state index >= 15 is 0 Å². The molecule has 0 bridgehead atoms. The van der Waals surface area contributed by atoms with Crippen molar-refractivity contribution in [3.8, 4) is 0 Å². The van der Waals surface area contributed by atoms with Crippen molar-refractivity contribution in [2.24, 2.45) is 0 Å². The van der Waals surface area contributed by atoms with E-state index in [-0.39, 0.29) is 18.2 Å². The summed E-state index contributed by atoms with van der Waals surface area (Å²) in [5, 5.41) is 12.1. The maximum absolute atomic E-state index is 11.0. The van der Waals surface area contributed by atoms with E-state index in [1.165, 1.54) is 0 Å². The normalized spacial score (nSPS) is 28.2. The second-order valence-corrected chi connectivity index (χ2v) is 3.38. The fourth-order valence-corrected chi connectivity index (χ4v) is 1.63. The van der Waals surface area contributed by atoms with Gasteiger partial charge in [-0.1, -0.05) is 0 Å². The number of ether oxygens (including phenoxy) is 1. The Bertz CT molecular complexity index is 172. The van der Waals surface area contributed by atoms with Crippen molar-refractivity contribution >= 4 is 6.09 Å². The molecule has 0 heterocycles. The molecule has 1 rings (SSSR count). The van der Waals surface area contributed by atoms with Gasteiger partial charge in [0.1, 0.15) is 0 Å². The van der Waals surface area contributed by atoms with Crippen molar-refractivity contribution < 1.29 is 14.6 Å². The fraction of sp³-hybridized carbons (Fsp3) is 0.889. The molecule has 0 aromatic carbocycles. The summed E-state index contributed by atoms with van der Waals surface area (Å²) in [5.41, 5.74) is 0. The van der Waals surface area contributed by atoms with Crippen LogP contribution in [0.2, 0.25) is 0 Å². The first-order chi connectivity index (χ1) is 6.22. The Morgan fingerprint density at radius 1 is 1.62 bits per heavy atom. The van der Waals surface area contributed by atoms with Crippen molar-refractivity contribution in [3.63, 3.8) is 0 Å². The lowest BCUT2D eigenvalue weighted by molar-refractivity contribution is 0.103. The lowest BCUT2D eigenvalue weighted by atomic mass is 9.93. The number of hydrogen-bond donors (Lipinski definition) is 2. The topological polar surface area (TPSA) is 58.6 Å². The summed E-state index contributed by atoms with van der Waals surface area (Å²) in [6.45, 7) is 2.16. The van der Waals surface area contributed by atoms with Gasteiger partial charge in [0.2, 0.25) is 0 Å². The molecule has 2 atom stereocenters. The second kappa shape index (κ2) is 5.07. The largest absolute Gasteiger partial charge is 0.450 e. The summed E-state index contributed by atoms with van der Waals surface area (Å²) in [5.74, 6) is 0. The smallest absolute Gasteiger partial charge is 0.407 e. The van der Waals surface area contributed by atoms with Gasteiger partial charge in [-0.2, -0.15) is 0 Å². The first-order valence-corrected chi connectivity index (χ1v) is 4.83. The van der Waals surface area contributed by atoms with Crippen molar-refractivity contribution in [2.45, 2.75) is 44.8 Å². The van der Waals surface area contributed by atoms with E-state index in [2.05, 4.69) is 5.32 Å². The fourth-order valence-electron chi connectivity index (χ4n) is 1.63. The monoisotopic (exact) mass is 187 g/mol. The molecule has 0 spiro atoms. The lowest BCUT2D eigenvalue weighted by Gasteiger charge is -2.26. The average Bonchev–Trinajstić information content (AvgIpc) is 2.04. The van der Waals surface area contributed by atoms with Crippen LogP contribution in [0.15, 0.2) is 0 Å². The molecule has 2 N–H and O–H groups in total. The minimum absolute atomic E-state index is 0.0859. The predicted octanol–water partition coefficient (Wildman–Crippen LogP) is 1.04. The van der Waals surface area contributed by atoms with Gasteiger partial charge in [0, 0.05) is 6.04 Å². The standard InChI is InChI=1S/C9H17NO3/c1-2-13-9(12)10-7-4-3-5-8(11)6-7/h7-8,11H,2-6H2,1H3,(H,10,12). The Kier molecular flexibility index (Phi) is 4.02. The summed E-state index contributed by atoms with van der Waals surface area (Å²) in [7, 11) is 0. The lowest BCUT2D eigenvalue weighted by Crippen LogP contribution is -2.40. The maximum atomic E-state index is 11.0. The summed E-state index contributed by atoms with van der Waals surface area (Å²) in [6.07, 6.45) is 2.77. The molecule has 4 heteroatoms. The van der Waals surface area contributed by atoms with Crippen LogP contribution in [0, 0.1) is 0 Å². The summed E-state index contributed by atoms with van der Waals surface area (Å²) in [4.78, 5) is 11.0. The molecule has 0 saturated heterocycles. The number of carbonyl (C=O) groups excluding carboxylic acids is 1. The maximum Gasteiger partial charge on any atom is 0.407 e. The Hall–Kier alpha value is -0.770. The predicted molar refractivity (Wildman–Crippen MR) is 48.4 cm³/mol. The van der Waals surface area contributed by atoms with Gasteiger partial charge < -0.3 is 15.2 Å². The number of aliphatic hydroxyl groups excluding tert-OH is 1. The Balaban J connectivity index is 2.23. The highest BCUT2D eigenvalue weighted by atomic mass is 16.5. The third-order valence-corrected chi connectivity index (χ3v) is 2.24. The number of amides is 1. The molecule has 1 amide bonds. The van der Waals surface area contributed by atoms with Crippen molar-refractivity contribution in [2.75, 3.05) is 6.61 Å². The highest BCUT2D eigenvalue weighted by Gasteiger charge is 2.21. The van der Waals surface area contributed by atoms with Crippen LogP contribution in [0.25, 0.3) is 0 Å². The molecule has 0 radical (unpaired) electrons. The number of carbonyl (C=O) groups is 1. The van der Waals surface area contributed by atoms with Crippen molar-refractivity contribution in [1.29, 1.82) is 0 Å². The number of rotatable bonds is 2. The molecule has 0 aromatic rings. The summed E-state index contributed by atoms with van der Waals surface area (Å²) >= 11 is 0. The zero-order valence-corrected chi connectivity index (χ0v) is 7.95. The van der Waals surface area contributed by atoms with E-state index in [0.29, 0.717) is 13.0 Å². The van der Waals surface area contributed by atoms with Crippen LogP contribution < -0.4 is 5.32 Å². The SMILES string of the molecule is CCOC(=O)NC1CCCC(O)C1. The van der Waals surface area contributed by atoms with Crippen LogP contribution in [-0.2, 0) is 4.74 Å². The molecule has 0 aromatic heterocycles. The Morgan fingerprint density at radius 3 is 3.00 bits per heavy atom. The highest BCUT2D eigenvalue weighted by molar-refractivity contribution is 5.67. The molecule has 2 unspecified atom stereocenters. The summed E-state index contributed by atoms with van der Waals surface area (Å²) in [6, 6.07) is 0.0859. The molecule has 1 fully saturated rings. The Morgan fingerprint density at radius 2 is 2.38 bits per heavy atom. The first-order valence-electron chi connectivity index (χ1n) is 4.83. The Labute approximate surface area is 78.3 Å². The molecule has 1 aliphatic carbocycles.